The SMILES string of the molecule is CC1(C)COCCN1CC(O)C1CCCC1. The van der Waals surface area contributed by atoms with Crippen molar-refractivity contribution in [3.63, 3.8) is 0 Å². The molecule has 3 heteroatoms. The summed E-state index contributed by atoms with van der Waals surface area (Å²) in [5.74, 6) is 0.540. The highest BCUT2D eigenvalue weighted by molar-refractivity contribution is 4.87. The zero-order valence-corrected chi connectivity index (χ0v) is 10.6. The van der Waals surface area contributed by atoms with Gasteiger partial charge in [0.1, 0.15) is 0 Å². The Bertz CT molecular complexity index is 224. The summed E-state index contributed by atoms with van der Waals surface area (Å²) >= 11 is 0. The Hall–Kier alpha value is -0.120. The van der Waals surface area contributed by atoms with Gasteiger partial charge in [-0.2, -0.15) is 0 Å². The number of nitrogens with zero attached hydrogens (tertiary/aromatic N) is 1. The first-order valence-electron chi connectivity index (χ1n) is 6.60. The molecule has 94 valence electrons. The molecule has 2 rings (SSSR count). The Balaban J connectivity index is 1.87. The smallest absolute Gasteiger partial charge is 0.0695 e. The Morgan fingerprint density at radius 2 is 2.06 bits per heavy atom. The van der Waals surface area contributed by atoms with Gasteiger partial charge in [-0.1, -0.05) is 12.8 Å². The van der Waals surface area contributed by atoms with E-state index in [1.165, 1.54) is 25.7 Å². The van der Waals surface area contributed by atoms with Gasteiger partial charge in [-0.05, 0) is 32.6 Å². The van der Waals surface area contributed by atoms with E-state index in [0.717, 1.165) is 26.3 Å². The number of rotatable bonds is 3. The minimum atomic E-state index is -0.139. The third-order valence-electron chi connectivity index (χ3n) is 4.17. The van der Waals surface area contributed by atoms with Crippen LogP contribution in [0, 0.1) is 5.92 Å². The highest BCUT2D eigenvalue weighted by Crippen LogP contribution is 2.29. The molecule has 0 aromatic rings. The molecule has 16 heavy (non-hydrogen) atoms. The van der Waals surface area contributed by atoms with Crippen LogP contribution in [0.1, 0.15) is 39.5 Å². The lowest BCUT2D eigenvalue weighted by Crippen LogP contribution is -2.55. The maximum atomic E-state index is 10.3. The van der Waals surface area contributed by atoms with Gasteiger partial charge in [-0.3, -0.25) is 4.90 Å². The van der Waals surface area contributed by atoms with Crippen LogP contribution in [-0.2, 0) is 4.74 Å². The second-order valence-electron chi connectivity index (χ2n) is 5.92. The summed E-state index contributed by atoms with van der Waals surface area (Å²) in [7, 11) is 0. The van der Waals surface area contributed by atoms with E-state index in [9.17, 15) is 5.11 Å². The lowest BCUT2D eigenvalue weighted by Gasteiger charge is -2.43. The van der Waals surface area contributed by atoms with Crippen molar-refractivity contribution in [2.75, 3.05) is 26.3 Å². The normalized spacial score (nSPS) is 29.4. The summed E-state index contributed by atoms with van der Waals surface area (Å²) in [6.45, 7) is 7.77. The van der Waals surface area contributed by atoms with Crippen molar-refractivity contribution in [3.05, 3.63) is 0 Å². The fraction of sp³-hybridized carbons (Fsp3) is 1.00. The number of aliphatic hydroxyl groups is 1. The minimum absolute atomic E-state index is 0.0812. The molecule has 1 atom stereocenters. The van der Waals surface area contributed by atoms with Crippen LogP contribution in [0.2, 0.25) is 0 Å². The van der Waals surface area contributed by atoms with Gasteiger partial charge in [0.25, 0.3) is 0 Å². The number of hydrogen-bond acceptors (Lipinski definition) is 3. The molecule has 1 unspecified atom stereocenters. The molecule has 2 fully saturated rings. The fourth-order valence-corrected chi connectivity index (χ4v) is 2.95. The molecule has 0 spiro atoms. The van der Waals surface area contributed by atoms with Crippen LogP contribution in [0.25, 0.3) is 0 Å². The lowest BCUT2D eigenvalue weighted by atomic mass is 9.96. The van der Waals surface area contributed by atoms with Gasteiger partial charge >= 0.3 is 0 Å². The highest BCUT2D eigenvalue weighted by atomic mass is 16.5. The van der Waals surface area contributed by atoms with Crippen LogP contribution in [0.5, 0.6) is 0 Å². The number of hydrogen-bond donors (Lipinski definition) is 1. The predicted octanol–water partition coefficient (Wildman–Crippen LogP) is 1.65. The monoisotopic (exact) mass is 227 g/mol. The summed E-state index contributed by atoms with van der Waals surface area (Å²) < 4.78 is 5.50. The van der Waals surface area contributed by atoms with E-state index in [1.54, 1.807) is 0 Å². The summed E-state index contributed by atoms with van der Waals surface area (Å²) in [5, 5.41) is 10.3. The minimum Gasteiger partial charge on any atom is -0.392 e. The third kappa shape index (κ3) is 2.76. The van der Waals surface area contributed by atoms with Crippen LogP contribution in [0.3, 0.4) is 0 Å². The zero-order valence-electron chi connectivity index (χ0n) is 10.6. The average Bonchev–Trinajstić information content (AvgIpc) is 2.74. The van der Waals surface area contributed by atoms with E-state index in [2.05, 4.69) is 18.7 Å². The van der Waals surface area contributed by atoms with Crippen LogP contribution < -0.4 is 0 Å². The third-order valence-corrected chi connectivity index (χ3v) is 4.17. The fourth-order valence-electron chi connectivity index (χ4n) is 2.95. The molecule has 1 saturated carbocycles. The molecular formula is C13H25NO2. The van der Waals surface area contributed by atoms with Gasteiger partial charge in [0.05, 0.1) is 19.3 Å². The van der Waals surface area contributed by atoms with Crippen LogP contribution in [0.15, 0.2) is 0 Å². The standard InChI is InChI=1S/C13H25NO2/c1-13(2)10-16-8-7-14(13)9-12(15)11-5-3-4-6-11/h11-12,15H,3-10H2,1-2H3. The quantitative estimate of drug-likeness (QED) is 0.795. The van der Waals surface area contributed by atoms with Crippen molar-refractivity contribution in [2.24, 2.45) is 5.92 Å². The summed E-state index contributed by atoms with van der Waals surface area (Å²) in [5.41, 5.74) is 0.0812. The van der Waals surface area contributed by atoms with Crippen molar-refractivity contribution >= 4 is 0 Å². The molecule has 2 aliphatic rings. The molecule has 0 aromatic heterocycles. The van der Waals surface area contributed by atoms with Crippen LogP contribution >= 0.6 is 0 Å². The molecule has 1 saturated heterocycles. The van der Waals surface area contributed by atoms with E-state index in [0.29, 0.717) is 5.92 Å². The Morgan fingerprint density at radius 1 is 1.38 bits per heavy atom. The van der Waals surface area contributed by atoms with Gasteiger partial charge in [-0.15, -0.1) is 0 Å². The maximum absolute atomic E-state index is 10.3. The molecule has 0 amide bonds. The molecule has 1 heterocycles. The predicted molar refractivity (Wildman–Crippen MR) is 64.4 cm³/mol. The van der Waals surface area contributed by atoms with Crippen molar-refractivity contribution in [2.45, 2.75) is 51.2 Å². The largest absolute Gasteiger partial charge is 0.392 e. The van der Waals surface area contributed by atoms with Crippen molar-refractivity contribution < 1.29 is 9.84 Å². The summed E-state index contributed by atoms with van der Waals surface area (Å²) in [6, 6.07) is 0. The molecule has 1 aliphatic heterocycles. The molecule has 1 N–H and O–H groups in total. The van der Waals surface area contributed by atoms with Crippen LogP contribution in [0.4, 0.5) is 0 Å². The van der Waals surface area contributed by atoms with Crippen molar-refractivity contribution in [1.82, 2.24) is 4.90 Å². The Labute approximate surface area is 98.8 Å². The molecule has 1 aliphatic carbocycles. The average molecular weight is 227 g/mol. The summed E-state index contributed by atoms with van der Waals surface area (Å²) in [4.78, 5) is 2.39. The number of aliphatic hydroxyl groups excluding tert-OH is 1. The van der Waals surface area contributed by atoms with E-state index in [1.807, 2.05) is 0 Å². The second-order valence-corrected chi connectivity index (χ2v) is 5.92. The topological polar surface area (TPSA) is 32.7 Å². The zero-order chi connectivity index (χ0) is 11.6. The first kappa shape index (κ1) is 12.3. The maximum Gasteiger partial charge on any atom is 0.0695 e. The Morgan fingerprint density at radius 3 is 2.69 bits per heavy atom. The van der Waals surface area contributed by atoms with Gasteiger partial charge in [0.2, 0.25) is 0 Å². The van der Waals surface area contributed by atoms with Crippen molar-refractivity contribution in [3.8, 4) is 0 Å². The number of β-amino-alcohol motifs (C(OH)–C–C–N with tert-alkyl or cyclic N) is 1. The van der Waals surface area contributed by atoms with E-state index < -0.39 is 0 Å². The first-order chi connectivity index (χ1) is 7.59. The Kier molecular flexibility index (Phi) is 3.88. The van der Waals surface area contributed by atoms with Crippen molar-refractivity contribution in [1.29, 1.82) is 0 Å². The molecule has 3 nitrogen and oxygen atoms in total. The second kappa shape index (κ2) is 5.03. The summed E-state index contributed by atoms with van der Waals surface area (Å²) in [6.07, 6.45) is 4.89. The molecule has 0 aromatic carbocycles. The molecular weight excluding hydrogens is 202 g/mol. The molecule has 0 radical (unpaired) electrons. The first-order valence-corrected chi connectivity index (χ1v) is 6.60. The van der Waals surface area contributed by atoms with E-state index in [4.69, 9.17) is 4.74 Å². The van der Waals surface area contributed by atoms with E-state index in [-0.39, 0.29) is 11.6 Å². The van der Waals surface area contributed by atoms with Gasteiger partial charge in [0, 0.05) is 18.6 Å². The van der Waals surface area contributed by atoms with Gasteiger partial charge in [-0.25, -0.2) is 0 Å². The lowest BCUT2D eigenvalue weighted by molar-refractivity contribution is -0.0726. The van der Waals surface area contributed by atoms with E-state index >= 15 is 0 Å². The highest BCUT2D eigenvalue weighted by Gasteiger charge is 2.33. The van der Waals surface area contributed by atoms with Gasteiger partial charge < -0.3 is 9.84 Å². The molecule has 0 bridgehead atoms. The van der Waals surface area contributed by atoms with Crippen LogP contribution in [-0.4, -0.2) is 48.0 Å². The number of ether oxygens (including phenoxy) is 1. The van der Waals surface area contributed by atoms with Gasteiger partial charge in [0.15, 0.2) is 0 Å². The number of morpholine rings is 1.